The Bertz CT molecular complexity index is 572. The number of hydrogen-bond acceptors (Lipinski definition) is 3. The van der Waals surface area contributed by atoms with Gasteiger partial charge in [-0.15, -0.1) is 0 Å². The Hall–Kier alpha value is -0.910. The van der Waals surface area contributed by atoms with Gasteiger partial charge in [0.15, 0.2) is 0 Å². The van der Waals surface area contributed by atoms with Crippen LogP contribution in [0.4, 0.5) is 0 Å². The first-order valence-corrected chi connectivity index (χ1v) is 6.38. The number of hydrogen-bond donors (Lipinski definition) is 1. The van der Waals surface area contributed by atoms with Crippen LogP contribution in [-0.2, 0) is 17.3 Å². The van der Waals surface area contributed by atoms with Crippen molar-refractivity contribution in [3.8, 4) is 0 Å². The van der Waals surface area contributed by atoms with Crippen molar-refractivity contribution in [1.29, 1.82) is 0 Å². The minimum absolute atomic E-state index is 0.444. The Morgan fingerprint density at radius 2 is 2.35 bits per heavy atom. The van der Waals surface area contributed by atoms with E-state index in [4.69, 9.17) is 10.5 Å². The first-order chi connectivity index (χ1) is 8.10. The normalized spacial score (nSPS) is 24.6. The predicted octanol–water partition coefficient (Wildman–Crippen LogP) is 1.91. The quantitative estimate of drug-likeness (QED) is 0.874. The van der Waals surface area contributed by atoms with E-state index in [1.165, 1.54) is 0 Å². The van der Waals surface area contributed by atoms with Gasteiger partial charge in [0, 0.05) is 18.1 Å². The van der Waals surface area contributed by atoms with Crippen molar-refractivity contribution < 1.29 is 4.74 Å². The molecule has 0 amide bonds. The van der Waals surface area contributed by atoms with Crippen LogP contribution in [0.5, 0.6) is 0 Å². The fourth-order valence-corrected chi connectivity index (χ4v) is 2.72. The number of nitrogens with zero attached hydrogens (tertiary/aromatic N) is 2. The Kier molecular flexibility index (Phi) is 2.50. The highest BCUT2D eigenvalue weighted by atomic mass is 79.9. The van der Waals surface area contributed by atoms with E-state index in [-0.39, 0.29) is 0 Å². The fraction of sp³-hybridized carbons (Fsp3) is 0.417. The molecule has 0 spiro atoms. The maximum atomic E-state index is 6.36. The molecule has 0 saturated carbocycles. The molecule has 2 aromatic rings. The summed E-state index contributed by atoms with van der Waals surface area (Å²) in [5, 5.41) is 0. The Morgan fingerprint density at radius 1 is 1.53 bits per heavy atom. The van der Waals surface area contributed by atoms with Crippen LogP contribution in [0.1, 0.15) is 12.2 Å². The third kappa shape index (κ3) is 1.69. The molecule has 4 nitrogen and oxygen atoms in total. The summed E-state index contributed by atoms with van der Waals surface area (Å²) in [6.07, 6.45) is 0.825. The second kappa shape index (κ2) is 3.80. The molecule has 1 fully saturated rings. The summed E-state index contributed by atoms with van der Waals surface area (Å²) >= 11 is 3.46. The molecule has 2 heterocycles. The van der Waals surface area contributed by atoms with Crippen LogP contribution in [0.3, 0.4) is 0 Å². The monoisotopic (exact) mass is 295 g/mol. The molecule has 5 heteroatoms. The number of aromatic nitrogens is 2. The van der Waals surface area contributed by atoms with Crippen molar-refractivity contribution in [3.63, 3.8) is 0 Å². The van der Waals surface area contributed by atoms with Crippen LogP contribution >= 0.6 is 15.9 Å². The zero-order valence-electron chi connectivity index (χ0n) is 9.61. The standard InChI is InChI=1S/C12H14BrN3O/c1-16-10-3-2-8(13)6-9(10)15-11(16)12(14)4-5-17-7-12/h2-3,6H,4-5,7,14H2,1H3. The first-order valence-electron chi connectivity index (χ1n) is 5.59. The average molecular weight is 296 g/mol. The van der Waals surface area contributed by atoms with Crippen LogP contribution in [0.25, 0.3) is 11.0 Å². The van der Waals surface area contributed by atoms with Gasteiger partial charge in [0.05, 0.1) is 17.6 Å². The van der Waals surface area contributed by atoms with E-state index in [9.17, 15) is 0 Å². The highest BCUT2D eigenvalue weighted by Gasteiger charge is 2.36. The molecule has 3 rings (SSSR count). The Balaban J connectivity index is 2.20. The van der Waals surface area contributed by atoms with Gasteiger partial charge in [-0.05, 0) is 24.6 Å². The zero-order valence-corrected chi connectivity index (χ0v) is 11.2. The molecule has 0 bridgehead atoms. The van der Waals surface area contributed by atoms with E-state index in [0.717, 1.165) is 27.8 Å². The molecule has 0 aliphatic carbocycles. The summed E-state index contributed by atoms with van der Waals surface area (Å²) in [6, 6.07) is 6.08. The molecule has 1 aliphatic rings. The molecule has 1 aromatic carbocycles. The highest BCUT2D eigenvalue weighted by Crippen LogP contribution is 2.30. The van der Waals surface area contributed by atoms with Crippen molar-refractivity contribution in [2.45, 2.75) is 12.0 Å². The van der Waals surface area contributed by atoms with Gasteiger partial charge < -0.3 is 15.0 Å². The van der Waals surface area contributed by atoms with Crippen LogP contribution in [-0.4, -0.2) is 22.8 Å². The smallest absolute Gasteiger partial charge is 0.132 e. The van der Waals surface area contributed by atoms with Crippen molar-refractivity contribution in [2.24, 2.45) is 12.8 Å². The third-order valence-electron chi connectivity index (χ3n) is 3.34. The number of aryl methyl sites for hydroxylation is 1. The molecule has 1 aromatic heterocycles. The summed E-state index contributed by atoms with van der Waals surface area (Å²) in [5.41, 5.74) is 7.98. The topological polar surface area (TPSA) is 53.1 Å². The number of fused-ring (bicyclic) bond motifs is 1. The molecule has 1 atom stereocenters. The van der Waals surface area contributed by atoms with Gasteiger partial charge in [-0.3, -0.25) is 0 Å². The average Bonchev–Trinajstić information content (AvgIpc) is 2.85. The number of halogens is 1. The summed E-state index contributed by atoms with van der Waals surface area (Å²) in [4.78, 5) is 4.65. The van der Waals surface area contributed by atoms with Gasteiger partial charge in [0.1, 0.15) is 11.4 Å². The van der Waals surface area contributed by atoms with Gasteiger partial charge in [0.25, 0.3) is 0 Å². The molecule has 17 heavy (non-hydrogen) atoms. The van der Waals surface area contributed by atoms with Crippen LogP contribution in [0.15, 0.2) is 22.7 Å². The van der Waals surface area contributed by atoms with Crippen LogP contribution in [0.2, 0.25) is 0 Å². The Labute approximate surface area is 108 Å². The number of imidazole rings is 1. The SMILES string of the molecule is Cn1c(C2(N)CCOC2)nc2cc(Br)ccc21. The van der Waals surface area contributed by atoms with Crippen molar-refractivity contribution in [3.05, 3.63) is 28.5 Å². The maximum Gasteiger partial charge on any atom is 0.132 e. The number of nitrogens with two attached hydrogens (primary N) is 1. The lowest BCUT2D eigenvalue weighted by atomic mass is 9.99. The minimum Gasteiger partial charge on any atom is -0.379 e. The van der Waals surface area contributed by atoms with E-state index >= 15 is 0 Å². The number of benzene rings is 1. The number of ether oxygens (including phenoxy) is 1. The minimum atomic E-state index is -0.444. The van der Waals surface area contributed by atoms with Gasteiger partial charge in [-0.2, -0.15) is 0 Å². The Morgan fingerprint density at radius 3 is 3.06 bits per heavy atom. The maximum absolute atomic E-state index is 6.36. The van der Waals surface area contributed by atoms with Crippen molar-refractivity contribution >= 4 is 27.0 Å². The summed E-state index contributed by atoms with van der Waals surface area (Å²) < 4.78 is 8.50. The van der Waals surface area contributed by atoms with E-state index in [0.29, 0.717) is 13.2 Å². The van der Waals surface area contributed by atoms with Crippen molar-refractivity contribution in [1.82, 2.24) is 9.55 Å². The lowest BCUT2D eigenvalue weighted by Gasteiger charge is -2.20. The molecular formula is C12H14BrN3O. The largest absolute Gasteiger partial charge is 0.379 e. The third-order valence-corrected chi connectivity index (χ3v) is 3.83. The molecule has 1 unspecified atom stereocenters. The van der Waals surface area contributed by atoms with Crippen molar-refractivity contribution in [2.75, 3.05) is 13.2 Å². The summed E-state index contributed by atoms with van der Waals surface area (Å²) in [7, 11) is 2.01. The van der Waals surface area contributed by atoms with E-state index in [1.54, 1.807) is 0 Å². The van der Waals surface area contributed by atoms with E-state index in [1.807, 2.05) is 19.2 Å². The molecular weight excluding hydrogens is 282 g/mol. The molecule has 2 N–H and O–H groups in total. The molecule has 1 saturated heterocycles. The lowest BCUT2D eigenvalue weighted by molar-refractivity contribution is 0.175. The van der Waals surface area contributed by atoms with E-state index in [2.05, 4.69) is 31.5 Å². The number of rotatable bonds is 1. The van der Waals surface area contributed by atoms with E-state index < -0.39 is 5.54 Å². The van der Waals surface area contributed by atoms with Gasteiger partial charge in [-0.25, -0.2) is 4.98 Å². The van der Waals surface area contributed by atoms with Crippen LogP contribution in [0, 0.1) is 0 Å². The summed E-state index contributed by atoms with van der Waals surface area (Å²) in [6.45, 7) is 1.26. The highest BCUT2D eigenvalue weighted by molar-refractivity contribution is 9.10. The molecule has 0 radical (unpaired) electrons. The second-order valence-electron chi connectivity index (χ2n) is 4.59. The fourth-order valence-electron chi connectivity index (χ4n) is 2.38. The second-order valence-corrected chi connectivity index (χ2v) is 5.50. The predicted molar refractivity (Wildman–Crippen MR) is 69.7 cm³/mol. The lowest BCUT2D eigenvalue weighted by Crippen LogP contribution is -2.39. The van der Waals surface area contributed by atoms with Gasteiger partial charge >= 0.3 is 0 Å². The van der Waals surface area contributed by atoms with Gasteiger partial charge in [0.2, 0.25) is 0 Å². The first kappa shape index (κ1) is 11.2. The van der Waals surface area contributed by atoms with Crippen LogP contribution < -0.4 is 5.73 Å². The van der Waals surface area contributed by atoms with Gasteiger partial charge in [-0.1, -0.05) is 15.9 Å². The summed E-state index contributed by atoms with van der Waals surface area (Å²) in [5.74, 6) is 0.906. The zero-order chi connectivity index (χ0) is 12.0. The molecule has 90 valence electrons. The molecule has 1 aliphatic heterocycles.